The molecule has 2 fully saturated rings. The Kier molecular flexibility index (Phi) is 4.10. The van der Waals surface area contributed by atoms with Crippen LogP contribution in [0.2, 0.25) is 0 Å². The van der Waals surface area contributed by atoms with Crippen molar-refractivity contribution in [1.29, 1.82) is 0 Å². The number of carbonyl (C=O) groups excluding carboxylic acids is 2. The van der Waals surface area contributed by atoms with Crippen LogP contribution in [0.15, 0.2) is 18.2 Å². The van der Waals surface area contributed by atoms with Gasteiger partial charge in [-0.1, -0.05) is 12.8 Å². The summed E-state index contributed by atoms with van der Waals surface area (Å²) in [5.74, 6) is 0.137. The quantitative estimate of drug-likeness (QED) is 0.777. The van der Waals surface area contributed by atoms with Crippen molar-refractivity contribution in [2.75, 3.05) is 24.5 Å². The summed E-state index contributed by atoms with van der Waals surface area (Å²) in [7, 11) is 0. The first-order chi connectivity index (χ1) is 12.3. The summed E-state index contributed by atoms with van der Waals surface area (Å²) >= 11 is 0. The van der Waals surface area contributed by atoms with E-state index in [9.17, 15) is 9.59 Å². The van der Waals surface area contributed by atoms with E-state index in [1.807, 2.05) is 23.1 Å². The van der Waals surface area contributed by atoms with Crippen LogP contribution in [0.3, 0.4) is 0 Å². The minimum atomic E-state index is -0.319. The van der Waals surface area contributed by atoms with Crippen molar-refractivity contribution in [2.45, 2.75) is 64.1 Å². The predicted molar refractivity (Wildman–Crippen MR) is 100 cm³/mol. The standard InChI is InChI=1S/C21H28N2O3/c1-15(24)23-11-8-16-12-17(6-7-18(16)23)19(25)22-13-20(2,3)26-21(14-22)9-4-5-10-21/h6-7,12H,4-5,8-11,13-14H2,1-3H3. The molecule has 3 aliphatic rings. The Morgan fingerprint density at radius 1 is 1.12 bits per heavy atom. The first-order valence-electron chi connectivity index (χ1n) is 9.69. The van der Waals surface area contributed by atoms with Crippen molar-refractivity contribution in [1.82, 2.24) is 4.90 Å². The molecule has 1 saturated heterocycles. The third-order valence-corrected chi connectivity index (χ3v) is 5.95. The van der Waals surface area contributed by atoms with Crippen LogP contribution in [0.25, 0.3) is 0 Å². The Bertz CT molecular complexity index is 750. The molecular weight excluding hydrogens is 328 g/mol. The minimum Gasteiger partial charge on any atom is -0.365 e. The molecule has 1 aromatic rings. The van der Waals surface area contributed by atoms with Crippen molar-refractivity contribution in [3.63, 3.8) is 0 Å². The monoisotopic (exact) mass is 356 g/mol. The molecule has 1 saturated carbocycles. The third kappa shape index (κ3) is 3.02. The number of carbonyl (C=O) groups is 2. The van der Waals surface area contributed by atoms with Crippen molar-refractivity contribution in [3.05, 3.63) is 29.3 Å². The topological polar surface area (TPSA) is 49.9 Å². The van der Waals surface area contributed by atoms with Gasteiger partial charge < -0.3 is 14.5 Å². The normalized spacial score (nSPS) is 23.3. The van der Waals surface area contributed by atoms with E-state index in [2.05, 4.69) is 13.8 Å². The average molecular weight is 356 g/mol. The summed E-state index contributed by atoms with van der Waals surface area (Å²) in [5, 5.41) is 0. The van der Waals surface area contributed by atoms with Gasteiger partial charge in [-0.25, -0.2) is 0 Å². The fraction of sp³-hybridized carbons (Fsp3) is 0.619. The van der Waals surface area contributed by atoms with E-state index in [0.29, 0.717) is 19.6 Å². The number of anilines is 1. The summed E-state index contributed by atoms with van der Waals surface area (Å²) in [6.45, 7) is 7.76. The van der Waals surface area contributed by atoms with Crippen LogP contribution in [0.4, 0.5) is 5.69 Å². The second-order valence-electron chi connectivity index (χ2n) is 8.68. The van der Waals surface area contributed by atoms with Gasteiger partial charge >= 0.3 is 0 Å². The maximum Gasteiger partial charge on any atom is 0.254 e. The molecule has 1 aromatic carbocycles. The van der Waals surface area contributed by atoms with Crippen LogP contribution in [0.5, 0.6) is 0 Å². The van der Waals surface area contributed by atoms with Gasteiger partial charge in [0.25, 0.3) is 5.91 Å². The number of ether oxygens (including phenoxy) is 1. The molecule has 0 radical (unpaired) electrons. The molecule has 0 N–H and O–H groups in total. The van der Waals surface area contributed by atoms with E-state index < -0.39 is 0 Å². The SMILES string of the molecule is CC(=O)N1CCc2cc(C(=O)N3CC(C)(C)OC4(CCCC4)C3)ccc21. The number of rotatable bonds is 1. The first-order valence-corrected chi connectivity index (χ1v) is 9.69. The van der Waals surface area contributed by atoms with Gasteiger partial charge in [-0.05, 0) is 56.9 Å². The maximum atomic E-state index is 13.2. The number of hydrogen-bond donors (Lipinski definition) is 0. The Hall–Kier alpha value is -1.88. The van der Waals surface area contributed by atoms with E-state index in [0.717, 1.165) is 36.1 Å². The van der Waals surface area contributed by atoms with Gasteiger partial charge in [0.2, 0.25) is 5.91 Å². The highest BCUT2D eigenvalue weighted by Gasteiger charge is 2.47. The summed E-state index contributed by atoms with van der Waals surface area (Å²) in [6, 6.07) is 5.77. The van der Waals surface area contributed by atoms with Gasteiger partial charge in [0.1, 0.15) is 0 Å². The van der Waals surface area contributed by atoms with Crippen LogP contribution in [0, 0.1) is 0 Å². The van der Waals surface area contributed by atoms with Gasteiger partial charge in [-0.3, -0.25) is 9.59 Å². The fourth-order valence-electron chi connectivity index (χ4n) is 4.98. The van der Waals surface area contributed by atoms with E-state index in [1.165, 1.54) is 12.8 Å². The zero-order valence-electron chi connectivity index (χ0n) is 16.0. The number of fused-ring (bicyclic) bond motifs is 1. The summed E-state index contributed by atoms with van der Waals surface area (Å²) < 4.78 is 6.41. The zero-order chi connectivity index (χ0) is 18.5. The molecule has 0 bridgehead atoms. The third-order valence-electron chi connectivity index (χ3n) is 5.95. The number of amides is 2. The molecule has 5 nitrogen and oxygen atoms in total. The summed E-state index contributed by atoms with van der Waals surface area (Å²) in [6.07, 6.45) is 5.25. The van der Waals surface area contributed by atoms with Crippen LogP contribution in [-0.4, -0.2) is 47.6 Å². The van der Waals surface area contributed by atoms with Crippen molar-refractivity contribution >= 4 is 17.5 Å². The Labute approximate surface area is 155 Å². The number of hydrogen-bond acceptors (Lipinski definition) is 3. The molecule has 26 heavy (non-hydrogen) atoms. The molecule has 2 heterocycles. The molecule has 2 amide bonds. The summed E-state index contributed by atoms with van der Waals surface area (Å²) in [4.78, 5) is 28.7. The Morgan fingerprint density at radius 3 is 2.54 bits per heavy atom. The molecule has 1 spiro atoms. The smallest absolute Gasteiger partial charge is 0.254 e. The fourth-order valence-corrected chi connectivity index (χ4v) is 4.98. The largest absolute Gasteiger partial charge is 0.365 e. The van der Waals surface area contributed by atoms with Crippen molar-refractivity contribution < 1.29 is 14.3 Å². The zero-order valence-corrected chi connectivity index (χ0v) is 16.0. The van der Waals surface area contributed by atoms with E-state index in [4.69, 9.17) is 4.74 Å². The van der Waals surface area contributed by atoms with Gasteiger partial charge in [0, 0.05) is 31.3 Å². The van der Waals surface area contributed by atoms with Gasteiger partial charge in [0.05, 0.1) is 17.7 Å². The van der Waals surface area contributed by atoms with Crippen molar-refractivity contribution in [2.24, 2.45) is 0 Å². The molecule has 1 aliphatic carbocycles. The van der Waals surface area contributed by atoms with Gasteiger partial charge in [-0.15, -0.1) is 0 Å². The van der Waals surface area contributed by atoms with Crippen LogP contribution in [-0.2, 0) is 16.0 Å². The Morgan fingerprint density at radius 2 is 1.85 bits per heavy atom. The second-order valence-corrected chi connectivity index (χ2v) is 8.68. The molecule has 4 rings (SSSR count). The van der Waals surface area contributed by atoms with Crippen LogP contribution < -0.4 is 4.90 Å². The van der Waals surface area contributed by atoms with Crippen molar-refractivity contribution in [3.8, 4) is 0 Å². The maximum absolute atomic E-state index is 13.2. The first kappa shape index (κ1) is 17.5. The number of nitrogens with zero attached hydrogens (tertiary/aromatic N) is 2. The van der Waals surface area contributed by atoms with Crippen LogP contribution in [0.1, 0.15) is 62.4 Å². The lowest BCUT2D eigenvalue weighted by Gasteiger charge is -2.48. The molecular formula is C21H28N2O3. The Balaban J connectivity index is 1.58. The highest BCUT2D eigenvalue weighted by atomic mass is 16.5. The van der Waals surface area contributed by atoms with E-state index in [1.54, 1.807) is 11.8 Å². The second kappa shape index (κ2) is 6.08. The number of morpholine rings is 1. The minimum absolute atomic E-state index is 0.0564. The number of benzene rings is 1. The molecule has 2 aliphatic heterocycles. The lowest BCUT2D eigenvalue weighted by atomic mass is 9.93. The lowest BCUT2D eigenvalue weighted by molar-refractivity contribution is -0.184. The van der Waals surface area contributed by atoms with E-state index >= 15 is 0 Å². The summed E-state index contributed by atoms with van der Waals surface area (Å²) in [5.41, 5.74) is 2.28. The average Bonchev–Trinajstić information content (AvgIpc) is 3.18. The van der Waals surface area contributed by atoms with Crippen LogP contribution >= 0.6 is 0 Å². The molecule has 0 aromatic heterocycles. The van der Waals surface area contributed by atoms with Gasteiger partial charge in [-0.2, -0.15) is 0 Å². The highest BCUT2D eigenvalue weighted by molar-refractivity contribution is 5.98. The molecule has 5 heteroatoms. The molecule has 0 unspecified atom stereocenters. The van der Waals surface area contributed by atoms with E-state index in [-0.39, 0.29) is 23.0 Å². The highest BCUT2D eigenvalue weighted by Crippen LogP contribution is 2.41. The van der Waals surface area contributed by atoms with Gasteiger partial charge in [0.15, 0.2) is 0 Å². The lowest BCUT2D eigenvalue weighted by Crippen LogP contribution is -2.60. The predicted octanol–water partition coefficient (Wildman–Crippen LogP) is 3.16. The molecule has 140 valence electrons. The molecule has 0 atom stereocenters.